The Bertz CT molecular complexity index is 465. The van der Waals surface area contributed by atoms with E-state index in [1.54, 1.807) is 0 Å². The first-order chi connectivity index (χ1) is 8.65. The third-order valence-electron chi connectivity index (χ3n) is 3.86. The normalized spacial score (nSPS) is 25.3. The van der Waals surface area contributed by atoms with Crippen LogP contribution in [0.15, 0.2) is 6.07 Å². The van der Waals surface area contributed by atoms with Gasteiger partial charge in [-0.25, -0.2) is 4.68 Å². The quantitative estimate of drug-likeness (QED) is 0.788. The highest BCUT2D eigenvalue weighted by Gasteiger charge is 2.32. The Morgan fingerprint density at radius 2 is 2.11 bits per heavy atom. The third kappa shape index (κ3) is 2.09. The molecule has 5 heteroatoms. The fraction of sp³-hybridized carbons (Fsp3) is 0.692. The number of hydrogen-bond donors (Lipinski definition) is 0. The molecule has 0 radical (unpaired) electrons. The first-order valence-electron chi connectivity index (χ1n) is 6.66. The van der Waals surface area contributed by atoms with Crippen molar-refractivity contribution in [2.75, 3.05) is 11.4 Å². The van der Waals surface area contributed by atoms with Gasteiger partial charge in [-0.3, -0.25) is 9.69 Å². The van der Waals surface area contributed by atoms with Crippen LogP contribution in [-0.4, -0.2) is 27.1 Å². The number of aromatic nitrogens is 2. The van der Waals surface area contributed by atoms with E-state index in [0.717, 1.165) is 18.1 Å². The molecule has 2 heterocycles. The molecule has 1 aromatic heterocycles. The first kappa shape index (κ1) is 12.2. The molecule has 0 N–H and O–H groups in total. The summed E-state index contributed by atoms with van der Waals surface area (Å²) in [5, 5.41) is 4.60. The first-order valence-corrected chi connectivity index (χ1v) is 7.57. The van der Waals surface area contributed by atoms with Crippen LogP contribution in [0.5, 0.6) is 0 Å². The Kier molecular flexibility index (Phi) is 3.18. The minimum atomic E-state index is 0.205. The van der Waals surface area contributed by atoms with E-state index in [4.69, 9.17) is 0 Å². The van der Waals surface area contributed by atoms with Crippen molar-refractivity contribution in [3.05, 3.63) is 11.8 Å². The molecule has 3 rings (SSSR count). The van der Waals surface area contributed by atoms with Crippen LogP contribution in [0.1, 0.15) is 43.8 Å². The maximum absolute atomic E-state index is 12.0. The number of alkyl halides is 1. The molecule has 18 heavy (non-hydrogen) atoms. The van der Waals surface area contributed by atoms with Crippen molar-refractivity contribution in [1.29, 1.82) is 0 Å². The Hall–Kier alpha value is -0.840. The number of anilines is 1. The number of amides is 1. The molecule has 1 amide bonds. The van der Waals surface area contributed by atoms with Gasteiger partial charge in [0.1, 0.15) is 5.82 Å². The molecule has 1 unspecified atom stereocenters. The van der Waals surface area contributed by atoms with Gasteiger partial charge in [0.2, 0.25) is 5.91 Å². The summed E-state index contributed by atoms with van der Waals surface area (Å²) < 4.78 is 2.09. The van der Waals surface area contributed by atoms with E-state index in [-0.39, 0.29) is 10.7 Å². The maximum Gasteiger partial charge on any atom is 0.229 e. The summed E-state index contributed by atoms with van der Waals surface area (Å²) in [4.78, 5) is 14.2. The van der Waals surface area contributed by atoms with Gasteiger partial charge in [-0.05, 0) is 19.8 Å². The second-order valence-corrected chi connectivity index (χ2v) is 6.63. The van der Waals surface area contributed by atoms with Crippen molar-refractivity contribution in [1.82, 2.24) is 9.78 Å². The van der Waals surface area contributed by atoms with Crippen LogP contribution in [0.25, 0.3) is 0 Å². The van der Waals surface area contributed by atoms with Gasteiger partial charge in [-0.1, -0.05) is 28.8 Å². The van der Waals surface area contributed by atoms with Gasteiger partial charge in [0.15, 0.2) is 0 Å². The molecule has 1 atom stereocenters. The van der Waals surface area contributed by atoms with Gasteiger partial charge in [0.25, 0.3) is 0 Å². The zero-order valence-corrected chi connectivity index (χ0v) is 12.2. The summed E-state index contributed by atoms with van der Waals surface area (Å²) >= 11 is 3.54. The lowest BCUT2D eigenvalue weighted by Crippen LogP contribution is -2.28. The minimum Gasteiger partial charge on any atom is -0.296 e. The summed E-state index contributed by atoms with van der Waals surface area (Å²) in [5.74, 6) is 1.20. The van der Waals surface area contributed by atoms with Crippen LogP contribution >= 0.6 is 15.9 Å². The lowest BCUT2D eigenvalue weighted by molar-refractivity contribution is -0.117. The molecule has 98 valence electrons. The highest BCUT2D eigenvalue weighted by molar-refractivity contribution is 9.09. The zero-order chi connectivity index (χ0) is 12.7. The van der Waals surface area contributed by atoms with E-state index in [2.05, 4.69) is 25.7 Å². The van der Waals surface area contributed by atoms with Crippen LogP contribution in [0.4, 0.5) is 5.82 Å². The van der Waals surface area contributed by atoms with Crippen molar-refractivity contribution in [2.24, 2.45) is 0 Å². The summed E-state index contributed by atoms with van der Waals surface area (Å²) in [6.45, 7) is 2.76. The van der Waals surface area contributed by atoms with Crippen LogP contribution < -0.4 is 4.90 Å². The van der Waals surface area contributed by atoms with Crippen molar-refractivity contribution < 1.29 is 4.79 Å². The third-order valence-corrected chi connectivity index (χ3v) is 4.48. The molecule has 4 nitrogen and oxygen atoms in total. The van der Waals surface area contributed by atoms with Crippen molar-refractivity contribution in [3.8, 4) is 0 Å². The number of carbonyl (C=O) groups is 1. The molecule has 1 saturated carbocycles. The highest BCUT2D eigenvalue weighted by Crippen LogP contribution is 2.34. The van der Waals surface area contributed by atoms with E-state index in [0.29, 0.717) is 12.5 Å². The van der Waals surface area contributed by atoms with Crippen LogP contribution in [-0.2, 0) is 4.79 Å². The Morgan fingerprint density at radius 1 is 1.39 bits per heavy atom. The average Bonchev–Trinajstić information content (AvgIpc) is 2.98. The molecule has 2 fully saturated rings. The molecule has 2 aliphatic rings. The number of aryl methyl sites for hydroxylation is 1. The summed E-state index contributed by atoms with van der Waals surface area (Å²) in [7, 11) is 0. The maximum atomic E-state index is 12.0. The average molecular weight is 312 g/mol. The summed E-state index contributed by atoms with van der Waals surface area (Å²) in [5.41, 5.74) is 1.00. The molecule has 1 aliphatic carbocycles. The number of nitrogens with zero attached hydrogens (tertiary/aromatic N) is 3. The molecule has 0 bridgehead atoms. The van der Waals surface area contributed by atoms with Crippen molar-refractivity contribution in [2.45, 2.75) is 49.9 Å². The smallest absolute Gasteiger partial charge is 0.229 e. The van der Waals surface area contributed by atoms with Gasteiger partial charge in [0, 0.05) is 23.9 Å². The van der Waals surface area contributed by atoms with Gasteiger partial charge in [0.05, 0.1) is 11.7 Å². The molecular weight excluding hydrogens is 294 g/mol. The topological polar surface area (TPSA) is 38.1 Å². The van der Waals surface area contributed by atoms with Gasteiger partial charge in [-0.15, -0.1) is 0 Å². The predicted octanol–water partition coefficient (Wildman–Crippen LogP) is 2.81. The highest BCUT2D eigenvalue weighted by atomic mass is 79.9. The lowest BCUT2D eigenvalue weighted by Gasteiger charge is -2.20. The van der Waals surface area contributed by atoms with Crippen molar-refractivity contribution >= 4 is 27.7 Å². The second-order valence-electron chi connectivity index (χ2n) is 5.33. The van der Waals surface area contributed by atoms with E-state index in [1.807, 2.05) is 17.9 Å². The molecule has 1 aromatic rings. The van der Waals surface area contributed by atoms with Gasteiger partial charge >= 0.3 is 0 Å². The number of hydrogen-bond acceptors (Lipinski definition) is 2. The molecule has 0 spiro atoms. The fourth-order valence-corrected chi connectivity index (χ4v) is 3.57. The largest absolute Gasteiger partial charge is 0.296 e. The van der Waals surface area contributed by atoms with Crippen molar-refractivity contribution in [3.63, 3.8) is 0 Å². The molecule has 1 aliphatic heterocycles. The van der Waals surface area contributed by atoms with Crippen LogP contribution in [0.3, 0.4) is 0 Å². The van der Waals surface area contributed by atoms with E-state index >= 15 is 0 Å². The lowest BCUT2D eigenvalue weighted by atomic mass is 10.2. The molecule has 1 saturated heterocycles. The van der Waals surface area contributed by atoms with E-state index < -0.39 is 0 Å². The Balaban J connectivity index is 1.93. The Labute approximate surface area is 115 Å². The SMILES string of the molecule is Cc1cc(N2CC(Br)CC2=O)n(C2CCCC2)n1. The number of rotatable bonds is 2. The minimum absolute atomic E-state index is 0.205. The fourth-order valence-electron chi connectivity index (χ4n) is 3.01. The zero-order valence-electron chi connectivity index (χ0n) is 10.6. The van der Waals surface area contributed by atoms with E-state index in [1.165, 1.54) is 25.7 Å². The summed E-state index contributed by atoms with van der Waals surface area (Å²) in [6, 6.07) is 2.53. The van der Waals surface area contributed by atoms with Gasteiger partial charge in [-0.2, -0.15) is 5.10 Å². The standard InChI is InChI=1S/C13H18BrN3O/c1-9-6-12(16-8-10(14)7-13(16)18)17(15-9)11-4-2-3-5-11/h6,10-11H,2-5,7-8H2,1H3. The van der Waals surface area contributed by atoms with Crippen LogP contribution in [0, 0.1) is 6.92 Å². The molecular formula is C13H18BrN3O. The molecule has 0 aromatic carbocycles. The number of halogens is 1. The Morgan fingerprint density at radius 3 is 2.72 bits per heavy atom. The van der Waals surface area contributed by atoms with Crippen LogP contribution in [0.2, 0.25) is 0 Å². The number of carbonyl (C=O) groups excluding carboxylic acids is 1. The second kappa shape index (κ2) is 4.68. The monoisotopic (exact) mass is 311 g/mol. The predicted molar refractivity (Wildman–Crippen MR) is 74.2 cm³/mol. The van der Waals surface area contributed by atoms with E-state index in [9.17, 15) is 4.79 Å². The summed E-state index contributed by atoms with van der Waals surface area (Å²) in [6.07, 6.45) is 5.52. The van der Waals surface area contributed by atoms with Gasteiger partial charge < -0.3 is 0 Å².